The number of aryl methyl sites for hydroxylation is 1. The van der Waals surface area contributed by atoms with Crippen molar-refractivity contribution in [2.75, 3.05) is 5.32 Å². The highest BCUT2D eigenvalue weighted by molar-refractivity contribution is 7.14. The van der Waals surface area contributed by atoms with Crippen LogP contribution in [-0.2, 0) is 17.8 Å². The van der Waals surface area contributed by atoms with Crippen LogP contribution in [0.2, 0.25) is 0 Å². The van der Waals surface area contributed by atoms with Gasteiger partial charge in [0, 0.05) is 16.5 Å². The number of thiazole rings is 1. The molecule has 0 saturated heterocycles. The van der Waals surface area contributed by atoms with Crippen molar-refractivity contribution in [2.24, 2.45) is 0 Å². The van der Waals surface area contributed by atoms with Crippen molar-refractivity contribution in [3.63, 3.8) is 0 Å². The van der Waals surface area contributed by atoms with Gasteiger partial charge in [-0.3, -0.25) is 4.79 Å². The van der Waals surface area contributed by atoms with Crippen molar-refractivity contribution in [3.05, 3.63) is 65.5 Å². The molecule has 4 aromatic rings. The fourth-order valence-corrected chi connectivity index (χ4v) is 3.41. The average molecular weight is 390 g/mol. The third-order valence-corrected chi connectivity index (χ3v) is 4.94. The Hall–Kier alpha value is -3.39. The van der Waals surface area contributed by atoms with E-state index in [2.05, 4.69) is 44.8 Å². The topological polar surface area (TPSA) is 85.6 Å². The van der Waals surface area contributed by atoms with E-state index >= 15 is 0 Å². The number of carbonyl (C=O) groups excluding carboxylic acids is 1. The Morgan fingerprint density at radius 2 is 1.86 bits per heavy atom. The molecule has 2 aromatic carbocycles. The molecular formula is C20H18N6OS. The molecule has 0 unspecified atom stereocenters. The zero-order valence-electron chi connectivity index (χ0n) is 15.2. The summed E-state index contributed by atoms with van der Waals surface area (Å²) in [5.41, 5.74) is 4.00. The zero-order valence-corrected chi connectivity index (χ0v) is 16.1. The fraction of sp³-hybridized carbons (Fsp3) is 0.150. The second-order valence-corrected chi connectivity index (χ2v) is 7.00. The third kappa shape index (κ3) is 4.12. The van der Waals surface area contributed by atoms with E-state index in [1.807, 2.05) is 47.8 Å². The van der Waals surface area contributed by atoms with Crippen LogP contribution >= 0.6 is 11.3 Å². The number of carbonyl (C=O) groups is 1. The molecule has 2 aromatic heterocycles. The Kier molecular flexibility index (Phi) is 5.20. The molecule has 0 spiro atoms. The quantitative estimate of drug-likeness (QED) is 0.543. The van der Waals surface area contributed by atoms with Gasteiger partial charge in [0.1, 0.15) is 6.54 Å². The van der Waals surface area contributed by atoms with Crippen LogP contribution in [0.15, 0.2) is 60.0 Å². The molecule has 1 amide bonds. The number of hydrogen-bond acceptors (Lipinski definition) is 6. The van der Waals surface area contributed by atoms with Crippen LogP contribution in [0.25, 0.3) is 22.6 Å². The molecule has 0 bridgehead atoms. The molecule has 1 N–H and O–H groups in total. The first-order valence-electron chi connectivity index (χ1n) is 8.89. The van der Waals surface area contributed by atoms with Gasteiger partial charge in [-0.05, 0) is 17.2 Å². The van der Waals surface area contributed by atoms with Crippen molar-refractivity contribution in [2.45, 2.75) is 19.9 Å². The van der Waals surface area contributed by atoms with Gasteiger partial charge in [0.25, 0.3) is 0 Å². The SMILES string of the molecule is CCc1ccc(-c2csc(NC(=O)Cn3nnc(-c4ccccc4)n3)n2)cc1. The highest BCUT2D eigenvalue weighted by atomic mass is 32.1. The molecule has 0 radical (unpaired) electrons. The van der Waals surface area contributed by atoms with Crippen molar-refractivity contribution in [1.82, 2.24) is 25.2 Å². The third-order valence-electron chi connectivity index (χ3n) is 4.18. The number of tetrazole rings is 1. The number of hydrogen-bond donors (Lipinski definition) is 1. The Balaban J connectivity index is 1.39. The summed E-state index contributed by atoms with van der Waals surface area (Å²) >= 11 is 1.39. The lowest BCUT2D eigenvalue weighted by Gasteiger charge is -2.01. The van der Waals surface area contributed by atoms with E-state index in [9.17, 15) is 4.79 Å². The largest absolute Gasteiger partial charge is 0.300 e. The van der Waals surface area contributed by atoms with Crippen LogP contribution in [0.1, 0.15) is 12.5 Å². The minimum Gasteiger partial charge on any atom is -0.300 e. The lowest BCUT2D eigenvalue weighted by atomic mass is 10.1. The summed E-state index contributed by atoms with van der Waals surface area (Å²) in [4.78, 5) is 18.0. The van der Waals surface area contributed by atoms with Crippen LogP contribution in [0, 0.1) is 0 Å². The second kappa shape index (κ2) is 8.10. The van der Waals surface area contributed by atoms with Crippen molar-refractivity contribution < 1.29 is 4.79 Å². The van der Waals surface area contributed by atoms with Gasteiger partial charge in [-0.15, -0.1) is 21.5 Å². The van der Waals surface area contributed by atoms with E-state index in [0.717, 1.165) is 23.2 Å². The Morgan fingerprint density at radius 3 is 2.61 bits per heavy atom. The van der Waals surface area contributed by atoms with E-state index in [1.54, 1.807) is 0 Å². The number of aromatic nitrogens is 5. The molecule has 7 nitrogen and oxygen atoms in total. The monoisotopic (exact) mass is 390 g/mol. The van der Waals surface area contributed by atoms with Crippen molar-refractivity contribution >= 4 is 22.4 Å². The summed E-state index contributed by atoms with van der Waals surface area (Å²) in [5, 5.41) is 17.4. The van der Waals surface area contributed by atoms with Gasteiger partial charge in [-0.1, -0.05) is 61.5 Å². The highest BCUT2D eigenvalue weighted by Gasteiger charge is 2.11. The molecule has 28 heavy (non-hydrogen) atoms. The lowest BCUT2D eigenvalue weighted by Crippen LogP contribution is -2.20. The first-order valence-corrected chi connectivity index (χ1v) is 9.77. The van der Waals surface area contributed by atoms with Crippen LogP contribution in [0.4, 0.5) is 5.13 Å². The van der Waals surface area contributed by atoms with E-state index in [-0.39, 0.29) is 12.5 Å². The summed E-state index contributed by atoms with van der Waals surface area (Å²) < 4.78 is 0. The molecule has 0 atom stereocenters. The normalized spacial score (nSPS) is 10.8. The van der Waals surface area contributed by atoms with E-state index in [4.69, 9.17) is 0 Å². The smallest absolute Gasteiger partial charge is 0.249 e. The van der Waals surface area contributed by atoms with Gasteiger partial charge in [-0.2, -0.15) is 4.80 Å². The van der Waals surface area contributed by atoms with Gasteiger partial charge >= 0.3 is 0 Å². The van der Waals surface area contributed by atoms with Crippen molar-refractivity contribution in [3.8, 4) is 22.6 Å². The number of anilines is 1. The predicted molar refractivity (Wildman–Crippen MR) is 109 cm³/mol. The summed E-state index contributed by atoms with van der Waals surface area (Å²) in [7, 11) is 0. The first kappa shape index (κ1) is 18.0. The fourth-order valence-electron chi connectivity index (χ4n) is 2.68. The molecule has 0 fully saturated rings. The minimum atomic E-state index is -0.251. The first-order chi connectivity index (χ1) is 13.7. The lowest BCUT2D eigenvalue weighted by molar-refractivity contribution is -0.117. The molecule has 0 aliphatic rings. The van der Waals surface area contributed by atoms with Crippen LogP contribution in [0.3, 0.4) is 0 Å². The number of benzene rings is 2. The van der Waals surface area contributed by atoms with Crippen molar-refractivity contribution in [1.29, 1.82) is 0 Å². The standard InChI is InChI=1S/C20H18N6OS/c1-2-14-8-10-15(11-9-14)17-13-28-20(21-17)22-18(27)12-26-24-19(23-25-26)16-6-4-3-5-7-16/h3-11,13H,2,12H2,1H3,(H,21,22,27). The van der Waals surface area contributed by atoms with E-state index in [0.29, 0.717) is 11.0 Å². The Labute approximate surface area is 166 Å². The number of rotatable bonds is 6. The predicted octanol–water partition coefficient (Wildman–Crippen LogP) is 3.66. The van der Waals surface area contributed by atoms with Crippen LogP contribution in [0.5, 0.6) is 0 Å². The summed E-state index contributed by atoms with van der Waals surface area (Å²) in [6.45, 7) is 2.10. The van der Waals surface area contributed by atoms with Crippen LogP contribution in [-0.4, -0.2) is 31.1 Å². The summed E-state index contributed by atoms with van der Waals surface area (Å²) in [6.07, 6.45) is 1.00. The molecule has 8 heteroatoms. The maximum Gasteiger partial charge on any atom is 0.249 e. The van der Waals surface area contributed by atoms with Gasteiger partial charge < -0.3 is 5.32 Å². The molecule has 0 saturated carbocycles. The average Bonchev–Trinajstić information content (AvgIpc) is 3.38. The number of nitrogens with zero attached hydrogens (tertiary/aromatic N) is 5. The Bertz CT molecular complexity index is 1070. The van der Waals surface area contributed by atoms with Gasteiger partial charge in [-0.25, -0.2) is 4.98 Å². The van der Waals surface area contributed by atoms with Crippen LogP contribution < -0.4 is 5.32 Å². The Morgan fingerprint density at radius 1 is 1.07 bits per heavy atom. The highest BCUT2D eigenvalue weighted by Crippen LogP contribution is 2.25. The molecular weight excluding hydrogens is 372 g/mol. The van der Waals surface area contributed by atoms with E-state index in [1.165, 1.54) is 21.7 Å². The van der Waals surface area contributed by atoms with Gasteiger partial charge in [0.05, 0.1) is 5.69 Å². The maximum absolute atomic E-state index is 12.3. The molecule has 2 heterocycles. The maximum atomic E-state index is 12.3. The number of amides is 1. The molecule has 4 rings (SSSR count). The van der Waals surface area contributed by atoms with Gasteiger partial charge in [0.15, 0.2) is 5.13 Å². The zero-order chi connectivity index (χ0) is 19.3. The number of nitrogens with one attached hydrogen (secondary N) is 1. The minimum absolute atomic E-state index is 0.0278. The molecule has 0 aliphatic heterocycles. The summed E-state index contributed by atoms with van der Waals surface area (Å²) in [5.74, 6) is 0.236. The molecule has 140 valence electrons. The second-order valence-electron chi connectivity index (χ2n) is 6.15. The van der Waals surface area contributed by atoms with E-state index < -0.39 is 0 Å². The molecule has 0 aliphatic carbocycles. The summed E-state index contributed by atoms with van der Waals surface area (Å²) in [6, 6.07) is 17.8. The van der Waals surface area contributed by atoms with Gasteiger partial charge in [0.2, 0.25) is 11.7 Å².